The average molecular weight is 338 g/mol. The van der Waals surface area contributed by atoms with Crippen LogP contribution in [0.4, 0.5) is 0 Å². The highest BCUT2D eigenvalue weighted by Crippen LogP contribution is 2.28. The van der Waals surface area contributed by atoms with E-state index >= 15 is 0 Å². The van der Waals surface area contributed by atoms with Gasteiger partial charge in [0.2, 0.25) is 10.0 Å². The van der Waals surface area contributed by atoms with Gasteiger partial charge in [0.15, 0.2) is 0 Å². The third kappa shape index (κ3) is 2.84. The number of nitrogens with zero attached hydrogens (tertiary/aromatic N) is 2. The second-order valence-electron chi connectivity index (χ2n) is 5.85. The number of hydrogen-bond acceptors (Lipinski definition) is 4. The van der Waals surface area contributed by atoms with Crippen LogP contribution in [0.15, 0.2) is 30.3 Å². The molecule has 3 rings (SSSR count). The summed E-state index contributed by atoms with van der Waals surface area (Å²) in [5, 5.41) is 8.42. The molecule has 0 radical (unpaired) electrons. The van der Waals surface area contributed by atoms with Crippen LogP contribution in [-0.4, -0.2) is 65.5 Å². The lowest BCUT2D eigenvalue weighted by molar-refractivity contribution is -0.140. The minimum absolute atomic E-state index is 0.110. The van der Waals surface area contributed by atoms with Crippen molar-refractivity contribution in [2.75, 3.05) is 19.6 Å². The molecule has 1 amide bonds. The molecule has 2 aliphatic heterocycles. The van der Waals surface area contributed by atoms with Crippen molar-refractivity contribution >= 4 is 21.9 Å². The van der Waals surface area contributed by atoms with Crippen LogP contribution in [0.25, 0.3) is 0 Å². The predicted molar refractivity (Wildman–Crippen MR) is 82.4 cm³/mol. The molecule has 124 valence electrons. The zero-order valence-corrected chi connectivity index (χ0v) is 13.3. The standard InChI is InChI=1S/C15H18N2O5S/c18-14(11-5-2-1-3-6-11)16-9-12(10-16)23(21,22)17-8-4-7-13(17)15(19)20/h1-3,5-6,12-13H,4,7-10H2,(H,19,20)/t13-/m1/s1. The minimum atomic E-state index is -3.69. The Kier molecular flexibility index (Phi) is 4.11. The molecule has 0 unspecified atom stereocenters. The molecular formula is C15H18N2O5S. The first-order valence-corrected chi connectivity index (χ1v) is 8.99. The fourth-order valence-electron chi connectivity index (χ4n) is 3.04. The van der Waals surface area contributed by atoms with E-state index in [2.05, 4.69) is 0 Å². The van der Waals surface area contributed by atoms with Gasteiger partial charge in [-0.25, -0.2) is 8.42 Å². The van der Waals surface area contributed by atoms with E-state index in [1.807, 2.05) is 0 Å². The van der Waals surface area contributed by atoms with Gasteiger partial charge in [0.05, 0.1) is 0 Å². The summed E-state index contributed by atoms with van der Waals surface area (Å²) < 4.78 is 26.2. The normalized spacial score (nSPS) is 22.8. The van der Waals surface area contributed by atoms with E-state index in [1.165, 1.54) is 4.90 Å². The molecule has 0 aliphatic carbocycles. The van der Waals surface area contributed by atoms with Crippen molar-refractivity contribution in [3.63, 3.8) is 0 Å². The van der Waals surface area contributed by atoms with Crippen LogP contribution in [-0.2, 0) is 14.8 Å². The molecule has 2 aliphatic rings. The van der Waals surface area contributed by atoms with Gasteiger partial charge in [0.25, 0.3) is 5.91 Å². The number of rotatable bonds is 4. The Morgan fingerprint density at radius 2 is 1.78 bits per heavy atom. The Bertz CT molecular complexity index is 713. The molecule has 2 heterocycles. The van der Waals surface area contributed by atoms with Crippen molar-refractivity contribution in [3.05, 3.63) is 35.9 Å². The van der Waals surface area contributed by atoms with Gasteiger partial charge in [-0.15, -0.1) is 0 Å². The quantitative estimate of drug-likeness (QED) is 0.857. The fraction of sp³-hybridized carbons (Fsp3) is 0.467. The van der Waals surface area contributed by atoms with Crippen LogP contribution in [0.2, 0.25) is 0 Å². The third-order valence-corrected chi connectivity index (χ3v) is 6.62. The number of carbonyl (C=O) groups excluding carboxylic acids is 1. The van der Waals surface area contributed by atoms with Gasteiger partial charge in [0.1, 0.15) is 11.3 Å². The molecule has 0 aromatic heterocycles. The van der Waals surface area contributed by atoms with Gasteiger partial charge in [0, 0.05) is 25.2 Å². The molecule has 1 N–H and O–H groups in total. The number of sulfonamides is 1. The van der Waals surface area contributed by atoms with E-state index in [0.717, 1.165) is 4.31 Å². The fourth-order valence-corrected chi connectivity index (χ4v) is 5.09. The first kappa shape index (κ1) is 15.9. The number of hydrogen-bond donors (Lipinski definition) is 1. The molecule has 2 fully saturated rings. The highest BCUT2D eigenvalue weighted by molar-refractivity contribution is 7.89. The molecule has 0 bridgehead atoms. The van der Waals surface area contributed by atoms with Crippen molar-refractivity contribution in [1.29, 1.82) is 0 Å². The Morgan fingerprint density at radius 1 is 1.13 bits per heavy atom. The molecule has 1 aromatic rings. The Balaban J connectivity index is 1.66. The number of carboxylic acid groups (broad SMARTS) is 1. The molecule has 2 saturated heterocycles. The van der Waals surface area contributed by atoms with Crippen LogP contribution in [0.1, 0.15) is 23.2 Å². The molecule has 1 aromatic carbocycles. The molecule has 0 spiro atoms. The molecule has 23 heavy (non-hydrogen) atoms. The number of amides is 1. The summed E-state index contributed by atoms with van der Waals surface area (Å²) in [4.78, 5) is 24.9. The number of aliphatic carboxylic acids is 1. The molecule has 1 atom stereocenters. The van der Waals surface area contributed by atoms with Crippen LogP contribution < -0.4 is 0 Å². The number of likely N-dealkylation sites (tertiary alicyclic amines) is 1. The van der Waals surface area contributed by atoms with Crippen LogP contribution in [0.3, 0.4) is 0 Å². The Morgan fingerprint density at radius 3 is 2.39 bits per heavy atom. The summed E-state index contributed by atoms with van der Waals surface area (Å²) in [5.74, 6) is -1.31. The average Bonchev–Trinajstić information content (AvgIpc) is 2.96. The lowest BCUT2D eigenvalue weighted by Crippen LogP contribution is -2.60. The second-order valence-corrected chi connectivity index (χ2v) is 8.02. The first-order valence-electron chi connectivity index (χ1n) is 7.49. The van der Waals surface area contributed by atoms with Gasteiger partial charge in [-0.3, -0.25) is 9.59 Å². The molecule has 0 saturated carbocycles. The maximum absolute atomic E-state index is 12.6. The van der Waals surface area contributed by atoms with E-state index in [9.17, 15) is 18.0 Å². The third-order valence-electron chi connectivity index (χ3n) is 4.39. The SMILES string of the molecule is O=C(O)[C@H]1CCCN1S(=O)(=O)C1CN(C(=O)c2ccccc2)C1. The predicted octanol–water partition coefficient (Wildman–Crippen LogP) is 0.390. The Hall–Kier alpha value is -1.93. The van der Waals surface area contributed by atoms with Crippen LogP contribution >= 0.6 is 0 Å². The van der Waals surface area contributed by atoms with Gasteiger partial charge in [-0.2, -0.15) is 4.31 Å². The number of carbonyl (C=O) groups is 2. The van der Waals surface area contributed by atoms with Gasteiger partial charge < -0.3 is 10.0 Å². The summed E-state index contributed by atoms with van der Waals surface area (Å²) in [6, 6.07) is 7.71. The molecule has 7 nitrogen and oxygen atoms in total. The molecular weight excluding hydrogens is 320 g/mol. The van der Waals surface area contributed by atoms with Gasteiger partial charge in [-0.05, 0) is 25.0 Å². The van der Waals surface area contributed by atoms with Crippen LogP contribution in [0.5, 0.6) is 0 Å². The topological polar surface area (TPSA) is 95.0 Å². The lowest BCUT2D eigenvalue weighted by atomic mass is 10.1. The molecule has 8 heteroatoms. The summed E-state index contributed by atoms with van der Waals surface area (Å²) in [7, 11) is -3.69. The number of carboxylic acids is 1. The summed E-state index contributed by atoms with van der Waals surface area (Å²) in [6.07, 6.45) is 0.892. The van der Waals surface area contributed by atoms with Crippen molar-refractivity contribution in [2.24, 2.45) is 0 Å². The van der Waals surface area contributed by atoms with Crippen molar-refractivity contribution in [1.82, 2.24) is 9.21 Å². The van der Waals surface area contributed by atoms with Crippen molar-refractivity contribution in [2.45, 2.75) is 24.1 Å². The smallest absolute Gasteiger partial charge is 0.322 e. The maximum atomic E-state index is 12.6. The van der Waals surface area contributed by atoms with Crippen LogP contribution in [0, 0.1) is 0 Å². The van der Waals surface area contributed by atoms with Crippen molar-refractivity contribution < 1.29 is 23.1 Å². The zero-order valence-electron chi connectivity index (χ0n) is 12.5. The Labute approximate surface area is 134 Å². The highest BCUT2D eigenvalue weighted by Gasteiger charge is 2.47. The summed E-state index contributed by atoms with van der Waals surface area (Å²) in [5.41, 5.74) is 0.521. The lowest BCUT2D eigenvalue weighted by Gasteiger charge is -2.40. The van der Waals surface area contributed by atoms with Crippen molar-refractivity contribution in [3.8, 4) is 0 Å². The summed E-state index contributed by atoms with van der Waals surface area (Å²) >= 11 is 0. The monoisotopic (exact) mass is 338 g/mol. The van der Waals surface area contributed by atoms with E-state index < -0.39 is 27.3 Å². The van der Waals surface area contributed by atoms with E-state index in [1.54, 1.807) is 30.3 Å². The zero-order chi connectivity index (χ0) is 16.6. The van der Waals surface area contributed by atoms with Gasteiger partial charge in [-0.1, -0.05) is 18.2 Å². The van der Waals surface area contributed by atoms with E-state index in [-0.39, 0.29) is 25.5 Å². The largest absolute Gasteiger partial charge is 0.480 e. The first-order chi connectivity index (χ1) is 10.9. The van der Waals surface area contributed by atoms with E-state index in [4.69, 9.17) is 5.11 Å². The maximum Gasteiger partial charge on any atom is 0.322 e. The minimum Gasteiger partial charge on any atom is -0.480 e. The second kappa shape index (κ2) is 5.93. The summed E-state index contributed by atoms with van der Waals surface area (Å²) in [6.45, 7) is 0.459. The highest BCUT2D eigenvalue weighted by atomic mass is 32.2. The van der Waals surface area contributed by atoms with Gasteiger partial charge >= 0.3 is 5.97 Å². The number of benzene rings is 1. The van der Waals surface area contributed by atoms with E-state index in [0.29, 0.717) is 18.4 Å².